The van der Waals surface area contributed by atoms with Gasteiger partial charge in [-0.3, -0.25) is 5.41 Å². The lowest BCUT2D eigenvalue weighted by molar-refractivity contribution is 0.566. The van der Waals surface area contributed by atoms with Crippen LogP contribution in [0.3, 0.4) is 0 Å². The van der Waals surface area contributed by atoms with Crippen LogP contribution in [-0.2, 0) is 9.84 Å². The first-order chi connectivity index (χ1) is 8.39. The zero-order valence-electron chi connectivity index (χ0n) is 10.00. The molecule has 1 aromatic rings. The van der Waals surface area contributed by atoms with Gasteiger partial charge in [0.05, 0.1) is 23.9 Å². The Kier molecular flexibility index (Phi) is 3.20. The third-order valence-corrected chi connectivity index (χ3v) is 4.67. The van der Waals surface area contributed by atoms with Crippen LogP contribution in [0.1, 0.15) is 12.6 Å². The van der Waals surface area contributed by atoms with Crippen LogP contribution in [0.4, 0.5) is 5.82 Å². The molecule has 2 heterocycles. The molecule has 0 bridgehead atoms. The molecule has 2 rings (SSSR count). The van der Waals surface area contributed by atoms with Crippen LogP contribution in [0.15, 0.2) is 12.4 Å². The highest BCUT2D eigenvalue weighted by Crippen LogP contribution is 2.18. The van der Waals surface area contributed by atoms with Gasteiger partial charge in [-0.1, -0.05) is 0 Å². The molecule has 0 amide bonds. The largest absolute Gasteiger partial charge is 0.382 e. The van der Waals surface area contributed by atoms with E-state index in [1.165, 1.54) is 12.4 Å². The Bertz CT molecular complexity index is 554. The van der Waals surface area contributed by atoms with Crippen LogP contribution in [0.2, 0.25) is 0 Å². The highest BCUT2D eigenvalue weighted by Gasteiger charge is 2.28. The van der Waals surface area contributed by atoms with Crippen molar-refractivity contribution in [2.45, 2.75) is 13.0 Å². The second kappa shape index (κ2) is 4.52. The molecule has 1 aromatic heterocycles. The third kappa shape index (κ3) is 2.58. The zero-order valence-corrected chi connectivity index (χ0v) is 10.8. The number of aromatic nitrogens is 2. The van der Waals surface area contributed by atoms with Gasteiger partial charge < -0.3 is 10.6 Å². The fourth-order valence-electron chi connectivity index (χ4n) is 1.95. The van der Waals surface area contributed by atoms with Gasteiger partial charge in [0.1, 0.15) is 17.3 Å². The van der Waals surface area contributed by atoms with E-state index < -0.39 is 9.84 Å². The van der Waals surface area contributed by atoms with Crippen molar-refractivity contribution >= 4 is 21.5 Å². The van der Waals surface area contributed by atoms with E-state index in [1.54, 1.807) is 0 Å². The highest BCUT2D eigenvalue weighted by molar-refractivity contribution is 7.91. The van der Waals surface area contributed by atoms with Gasteiger partial charge in [0.25, 0.3) is 0 Å². The average molecular weight is 269 g/mol. The molecular formula is C10H15N5O2S. The first kappa shape index (κ1) is 12.7. The smallest absolute Gasteiger partial charge is 0.154 e. The molecule has 0 spiro atoms. The summed E-state index contributed by atoms with van der Waals surface area (Å²) in [5.74, 6) is 0.738. The van der Waals surface area contributed by atoms with E-state index in [0.29, 0.717) is 18.1 Å². The van der Waals surface area contributed by atoms with Crippen molar-refractivity contribution in [3.05, 3.63) is 18.1 Å². The molecular weight excluding hydrogens is 254 g/mol. The topological polar surface area (TPSA) is 113 Å². The number of hydrogen-bond donors (Lipinski definition) is 2. The molecule has 7 nitrogen and oxygen atoms in total. The number of amidine groups is 1. The summed E-state index contributed by atoms with van der Waals surface area (Å²) in [5, 5.41) is 7.22. The molecule has 1 atom stereocenters. The molecule has 0 aliphatic carbocycles. The molecule has 0 saturated carbocycles. The number of hydrogen-bond acceptors (Lipinski definition) is 6. The monoisotopic (exact) mass is 269 g/mol. The number of rotatable bonds is 2. The second-order valence-electron chi connectivity index (χ2n) is 4.33. The molecule has 1 aliphatic heterocycles. The maximum absolute atomic E-state index is 11.5. The molecule has 0 radical (unpaired) electrons. The van der Waals surface area contributed by atoms with E-state index in [9.17, 15) is 8.42 Å². The van der Waals surface area contributed by atoms with Crippen molar-refractivity contribution in [2.75, 3.05) is 23.0 Å². The molecule has 3 N–H and O–H groups in total. The van der Waals surface area contributed by atoms with Crippen molar-refractivity contribution in [3.8, 4) is 0 Å². The summed E-state index contributed by atoms with van der Waals surface area (Å²) in [6, 6.07) is -0.124. The molecule has 1 aliphatic rings. The number of nitrogens with one attached hydrogen (secondary N) is 1. The van der Waals surface area contributed by atoms with Gasteiger partial charge in [0, 0.05) is 12.6 Å². The normalized spacial score (nSPS) is 22.7. The highest BCUT2D eigenvalue weighted by atomic mass is 32.2. The predicted molar refractivity (Wildman–Crippen MR) is 68.5 cm³/mol. The second-order valence-corrected chi connectivity index (χ2v) is 6.56. The first-order valence-corrected chi connectivity index (χ1v) is 7.35. The fourth-order valence-corrected chi connectivity index (χ4v) is 3.50. The summed E-state index contributed by atoms with van der Waals surface area (Å²) in [5.41, 5.74) is 5.61. The van der Waals surface area contributed by atoms with Crippen LogP contribution in [-0.4, -0.2) is 48.3 Å². The van der Waals surface area contributed by atoms with Crippen LogP contribution in [0, 0.1) is 5.41 Å². The molecule has 1 unspecified atom stereocenters. The van der Waals surface area contributed by atoms with E-state index in [2.05, 4.69) is 9.97 Å². The third-order valence-electron chi connectivity index (χ3n) is 2.88. The van der Waals surface area contributed by atoms with Crippen molar-refractivity contribution in [1.82, 2.24) is 9.97 Å². The number of anilines is 1. The SMILES string of the molecule is CC1CS(=O)(=O)CCN1c1cnc(C(=N)N)cn1. The zero-order chi connectivity index (χ0) is 13.3. The van der Waals surface area contributed by atoms with Gasteiger partial charge in [-0.2, -0.15) is 0 Å². The van der Waals surface area contributed by atoms with Crippen LogP contribution in [0.5, 0.6) is 0 Å². The van der Waals surface area contributed by atoms with E-state index >= 15 is 0 Å². The van der Waals surface area contributed by atoms with Crippen LogP contribution >= 0.6 is 0 Å². The van der Waals surface area contributed by atoms with Crippen molar-refractivity contribution < 1.29 is 8.42 Å². The number of sulfone groups is 1. The van der Waals surface area contributed by atoms with Crippen molar-refractivity contribution in [2.24, 2.45) is 5.73 Å². The summed E-state index contributed by atoms with van der Waals surface area (Å²) in [6.45, 7) is 2.26. The van der Waals surface area contributed by atoms with Gasteiger partial charge >= 0.3 is 0 Å². The van der Waals surface area contributed by atoms with Gasteiger partial charge in [-0.05, 0) is 6.92 Å². The number of nitrogens with two attached hydrogens (primary N) is 1. The molecule has 1 saturated heterocycles. The maximum atomic E-state index is 11.5. The average Bonchev–Trinajstić information content (AvgIpc) is 2.28. The molecule has 98 valence electrons. The standard InChI is InChI=1S/C10H15N5O2S/c1-7-6-18(16,17)3-2-15(7)9-5-13-8(4-14-9)10(11)12/h4-5,7H,2-3,6H2,1H3,(H3,11,12). The predicted octanol–water partition coefficient (Wildman–Crippen LogP) is -0.616. The molecule has 1 fully saturated rings. The Balaban J connectivity index is 2.20. The van der Waals surface area contributed by atoms with Gasteiger partial charge in [0.2, 0.25) is 0 Å². The van der Waals surface area contributed by atoms with Gasteiger partial charge in [0.15, 0.2) is 9.84 Å². The maximum Gasteiger partial charge on any atom is 0.154 e. The van der Waals surface area contributed by atoms with Gasteiger partial charge in [-0.15, -0.1) is 0 Å². The number of nitrogens with zero attached hydrogens (tertiary/aromatic N) is 3. The fraction of sp³-hybridized carbons (Fsp3) is 0.500. The lowest BCUT2D eigenvalue weighted by Crippen LogP contribution is -2.47. The van der Waals surface area contributed by atoms with Gasteiger partial charge in [-0.25, -0.2) is 18.4 Å². The minimum Gasteiger partial charge on any atom is -0.382 e. The van der Waals surface area contributed by atoms with E-state index in [-0.39, 0.29) is 23.4 Å². The summed E-state index contributed by atoms with van der Waals surface area (Å²) in [4.78, 5) is 10.1. The minimum absolute atomic E-state index is 0.124. The van der Waals surface area contributed by atoms with Crippen LogP contribution in [0.25, 0.3) is 0 Å². The summed E-state index contributed by atoms with van der Waals surface area (Å²) >= 11 is 0. The summed E-state index contributed by atoms with van der Waals surface area (Å²) in [7, 11) is -2.94. The Morgan fingerprint density at radius 2 is 2.22 bits per heavy atom. The lowest BCUT2D eigenvalue weighted by atomic mass is 10.3. The Morgan fingerprint density at radius 3 is 2.72 bits per heavy atom. The summed E-state index contributed by atoms with van der Waals surface area (Å²) < 4.78 is 22.9. The summed E-state index contributed by atoms with van der Waals surface area (Å²) in [6.07, 6.45) is 2.94. The van der Waals surface area contributed by atoms with E-state index in [4.69, 9.17) is 11.1 Å². The van der Waals surface area contributed by atoms with E-state index in [1.807, 2.05) is 11.8 Å². The quantitative estimate of drug-likeness (QED) is 0.546. The Hall–Kier alpha value is -1.70. The molecule has 18 heavy (non-hydrogen) atoms. The minimum atomic E-state index is -2.94. The van der Waals surface area contributed by atoms with Crippen molar-refractivity contribution in [3.63, 3.8) is 0 Å². The molecule has 0 aromatic carbocycles. The Labute approximate surface area is 105 Å². The molecule has 8 heteroatoms. The first-order valence-electron chi connectivity index (χ1n) is 5.52. The Morgan fingerprint density at radius 1 is 1.50 bits per heavy atom. The van der Waals surface area contributed by atoms with E-state index in [0.717, 1.165) is 0 Å². The number of nitrogen functional groups attached to an aromatic ring is 1. The lowest BCUT2D eigenvalue weighted by Gasteiger charge is -2.33. The van der Waals surface area contributed by atoms with Crippen molar-refractivity contribution in [1.29, 1.82) is 5.41 Å². The van der Waals surface area contributed by atoms with Crippen LogP contribution < -0.4 is 10.6 Å².